The molecule has 0 aliphatic carbocycles. The first-order valence-corrected chi connectivity index (χ1v) is 12.8. The van der Waals surface area contributed by atoms with Crippen LogP contribution < -0.4 is 17.0 Å². The molecule has 16 nitrogen and oxygen atoms in total. The number of aromatic amines is 1. The van der Waals surface area contributed by atoms with Gasteiger partial charge in [0.05, 0.1) is 32.0 Å². The summed E-state index contributed by atoms with van der Waals surface area (Å²) in [4.78, 5) is 35.2. The Labute approximate surface area is 224 Å². The van der Waals surface area contributed by atoms with Crippen molar-refractivity contribution in [1.29, 1.82) is 0 Å². The molecule has 0 amide bonds. The molecule has 0 spiro atoms. The van der Waals surface area contributed by atoms with Crippen LogP contribution in [-0.4, -0.2) is 88.1 Å². The Balaban J connectivity index is 1.00. The summed E-state index contributed by atoms with van der Waals surface area (Å²) >= 11 is 0. The molecule has 0 aromatic carbocycles. The number of rotatable bonds is 6. The van der Waals surface area contributed by atoms with Crippen molar-refractivity contribution < 1.29 is 28.4 Å². The van der Waals surface area contributed by atoms with Gasteiger partial charge in [-0.3, -0.25) is 18.9 Å². The van der Waals surface area contributed by atoms with E-state index >= 15 is 4.39 Å². The van der Waals surface area contributed by atoms with Crippen LogP contribution in [-0.2, 0) is 18.9 Å². The summed E-state index contributed by atoms with van der Waals surface area (Å²) in [5.41, 5.74) is 12.5. The molecule has 4 aromatic rings. The van der Waals surface area contributed by atoms with E-state index in [9.17, 15) is 9.90 Å². The normalized spacial score (nSPS) is 32.2. The van der Waals surface area contributed by atoms with Crippen LogP contribution in [0.1, 0.15) is 31.7 Å². The molecule has 2 bridgehead atoms. The number of nitrogens with zero attached hydrogens (tertiary/aromatic N) is 7. The van der Waals surface area contributed by atoms with Gasteiger partial charge in [-0.1, -0.05) is 0 Å². The molecule has 7 heterocycles. The molecule has 4 aromatic heterocycles. The first kappa shape index (κ1) is 25.2. The lowest BCUT2D eigenvalue weighted by molar-refractivity contribution is -0.261. The number of nitrogens with two attached hydrogens (primary N) is 2. The third-order valence-electron chi connectivity index (χ3n) is 7.65. The molecule has 0 saturated carbocycles. The van der Waals surface area contributed by atoms with Gasteiger partial charge >= 0.3 is 0 Å². The SMILES string of the molecule is Nc1nc2c(ncn2[C@H]2CC[C@@H](COC[C@]3(O)C[C@H]4C(n5cnc6c(N)ncnc65)O[C@H](CO3)[C@@H]4F)O2)c(=O)[nH]1. The number of halogens is 1. The van der Waals surface area contributed by atoms with Crippen LogP contribution in [0.5, 0.6) is 0 Å². The second-order valence-corrected chi connectivity index (χ2v) is 10.3. The Morgan fingerprint density at radius 3 is 2.83 bits per heavy atom. The van der Waals surface area contributed by atoms with Crippen LogP contribution >= 0.6 is 0 Å². The van der Waals surface area contributed by atoms with Crippen molar-refractivity contribution >= 4 is 34.1 Å². The average molecular weight is 559 g/mol. The van der Waals surface area contributed by atoms with Gasteiger partial charge in [-0.2, -0.15) is 4.98 Å². The van der Waals surface area contributed by atoms with E-state index in [1.54, 1.807) is 9.13 Å². The van der Waals surface area contributed by atoms with Crippen LogP contribution in [0.2, 0.25) is 0 Å². The van der Waals surface area contributed by atoms with E-state index in [0.717, 1.165) is 0 Å². The number of fused-ring (bicyclic) bond motifs is 4. The Hall–Kier alpha value is -3.77. The molecule has 3 aliphatic heterocycles. The molecule has 3 saturated heterocycles. The summed E-state index contributed by atoms with van der Waals surface area (Å²) in [6, 6.07) is 0. The van der Waals surface area contributed by atoms with Gasteiger partial charge < -0.3 is 35.5 Å². The first-order chi connectivity index (χ1) is 19.3. The summed E-state index contributed by atoms with van der Waals surface area (Å²) in [5, 5.41) is 11.3. The molecular weight excluding hydrogens is 531 g/mol. The quantitative estimate of drug-likeness (QED) is 0.241. The zero-order valence-electron chi connectivity index (χ0n) is 21.1. The smallest absolute Gasteiger partial charge is 0.280 e. The van der Waals surface area contributed by atoms with Crippen molar-refractivity contribution in [1.82, 2.24) is 39.0 Å². The number of hydrogen-bond donors (Lipinski definition) is 4. The number of alkyl halides is 1. The molecular formula is C23H27FN10O6. The zero-order valence-corrected chi connectivity index (χ0v) is 21.1. The Kier molecular flexibility index (Phi) is 5.93. The fraction of sp³-hybridized carbons (Fsp3) is 0.565. The highest BCUT2D eigenvalue weighted by Gasteiger charge is 2.53. The van der Waals surface area contributed by atoms with Crippen LogP contribution in [0.3, 0.4) is 0 Å². The van der Waals surface area contributed by atoms with Gasteiger partial charge in [0.25, 0.3) is 5.56 Å². The number of H-pyrrole nitrogens is 1. The van der Waals surface area contributed by atoms with Crippen LogP contribution in [0, 0.1) is 5.92 Å². The van der Waals surface area contributed by atoms with Crippen molar-refractivity contribution in [3.8, 4) is 0 Å². The summed E-state index contributed by atoms with van der Waals surface area (Å²) in [7, 11) is 0. The van der Waals surface area contributed by atoms with Gasteiger partial charge in [0.1, 0.15) is 43.2 Å². The number of anilines is 2. The van der Waals surface area contributed by atoms with E-state index in [0.29, 0.717) is 29.7 Å². The van der Waals surface area contributed by atoms with Crippen molar-refractivity contribution in [2.75, 3.05) is 31.3 Å². The third-order valence-corrected chi connectivity index (χ3v) is 7.65. The monoisotopic (exact) mass is 558 g/mol. The average Bonchev–Trinajstić information content (AvgIpc) is 3.68. The van der Waals surface area contributed by atoms with E-state index in [1.807, 2.05) is 0 Å². The maximum Gasteiger partial charge on any atom is 0.280 e. The van der Waals surface area contributed by atoms with E-state index in [4.69, 9.17) is 30.4 Å². The number of ether oxygens (including phenoxy) is 4. The lowest BCUT2D eigenvalue weighted by atomic mass is 9.94. The minimum Gasteiger partial charge on any atom is -0.382 e. The molecule has 7 rings (SSSR count). The summed E-state index contributed by atoms with van der Waals surface area (Å²) in [6.07, 6.45) is 1.77. The molecule has 3 aliphatic rings. The van der Waals surface area contributed by atoms with Gasteiger partial charge in [0, 0.05) is 12.3 Å². The van der Waals surface area contributed by atoms with Gasteiger partial charge in [-0.25, -0.2) is 24.3 Å². The molecule has 0 radical (unpaired) electrons. The summed E-state index contributed by atoms with van der Waals surface area (Å²) in [6.45, 7) is -0.176. The largest absolute Gasteiger partial charge is 0.382 e. The fourth-order valence-electron chi connectivity index (χ4n) is 5.74. The topological polar surface area (TPSA) is 216 Å². The number of aromatic nitrogens is 8. The van der Waals surface area contributed by atoms with Gasteiger partial charge in [-0.05, 0) is 12.8 Å². The van der Waals surface area contributed by atoms with Crippen molar-refractivity contribution in [3.05, 3.63) is 29.3 Å². The van der Waals surface area contributed by atoms with Crippen molar-refractivity contribution in [2.24, 2.45) is 5.92 Å². The maximum absolute atomic E-state index is 15.4. The third kappa shape index (κ3) is 4.17. The number of imidazole rings is 2. The Morgan fingerprint density at radius 2 is 1.95 bits per heavy atom. The van der Waals surface area contributed by atoms with Crippen molar-refractivity contribution in [3.63, 3.8) is 0 Å². The molecule has 1 unspecified atom stereocenters. The highest BCUT2D eigenvalue weighted by atomic mass is 19.1. The van der Waals surface area contributed by atoms with Crippen LogP contribution in [0.4, 0.5) is 16.2 Å². The molecule has 40 heavy (non-hydrogen) atoms. The van der Waals surface area contributed by atoms with Crippen LogP contribution in [0.15, 0.2) is 23.8 Å². The first-order valence-electron chi connectivity index (χ1n) is 12.8. The molecule has 17 heteroatoms. The number of hydrogen-bond acceptors (Lipinski definition) is 13. The summed E-state index contributed by atoms with van der Waals surface area (Å²) < 4.78 is 42.2. The predicted molar refractivity (Wildman–Crippen MR) is 134 cm³/mol. The van der Waals surface area contributed by atoms with Crippen LogP contribution in [0.25, 0.3) is 22.3 Å². The lowest BCUT2D eigenvalue weighted by Gasteiger charge is -2.33. The minimum absolute atomic E-state index is 0.00994. The standard InChI is InChI=1S/C23H27FN10O6/c24-14-11-3-23(36,38-5-12(14)40-21(11)34-9-29-15-17(25)27-7-28-18(15)34)6-37-4-10-1-2-13(39-10)33-8-30-16-19(33)31-22(26)32-20(16)35/h7-14,21,36H,1-6H2,(H2,25,27,28)(H3,26,31,32,35)/t10-,11+,12+,13+,14+,21?,23-/m0/s1. The second-order valence-electron chi connectivity index (χ2n) is 10.3. The van der Waals surface area contributed by atoms with E-state index < -0.39 is 42.0 Å². The fourth-order valence-corrected chi connectivity index (χ4v) is 5.74. The lowest BCUT2D eigenvalue weighted by Crippen LogP contribution is -2.42. The second kappa shape index (κ2) is 9.41. The van der Waals surface area contributed by atoms with Crippen molar-refractivity contribution in [2.45, 2.75) is 55.9 Å². The van der Waals surface area contributed by atoms with E-state index in [2.05, 4.69) is 29.9 Å². The molecule has 6 N–H and O–H groups in total. The molecule has 3 fully saturated rings. The predicted octanol–water partition coefficient (Wildman–Crippen LogP) is -0.221. The number of aliphatic hydroxyl groups is 1. The minimum atomic E-state index is -1.74. The maximum atomic E-state index is 15.4. The van der Waals surface area contributed by atoms with E-state index in [-0.39, 0.29) is 49.6 Å². The Morgan fingerprint density at radius 1 is 1.12 bits per heavy atom. The Bertz CT molecular complexity index is 1630. The van der Waals surface area contributed by atoms with Gasteiger partial charge in [-0.15, -0.1) is 0 Å². The molecule has 212 valence electrons. The number of nitrogen functional groups attached to an aromatic ring is 2. The number of nitrogens with one attached hydrogen (secondary N) is 1. The molecule has 7 atom stereocenters. The summed E-state index contributed by atoms with van der Waals surface area (Å²) in [5.74, 6) is -2.29. The highest BCUT2D eigenvalue weighted by molar-refractivity contribution is 5.81. The zero-order chi connectivity index (χ0) is 27.6. The van der Waals surface area contributed by atoms with Gasteiger partial charge in [0.2, 0.25) is 5.95 Å². The highest BCUT2D eigenvalue weighted by Crippen LogP contribution is 2.45. The van der Waals surface area contributed by atoms with E-state index in [1.165, 1.54) is 19.0 Å². The van der Waals surface area contributed by atoms with Gasteiger partial charge in [0.15, 0.2) is 28.4 Å².